The fraction of sp³-hybridized carbons (Fsp3) is 0.444. The molecular weight excluding hydrogens is 223 g/mol. The number of aromatic nitrogens is 2. The van der Waals surface area contributed by atoms with Crippen LogP contribution in [-0.4, -0.2) is 11.8 Å². The van der Waals surface area contributed by atoms with Gasteiger partial charge in [0.25, 0.3) is 0 Å². The number of nitrogens with zero attached hydrogens (tertiary/aromatic N) is 2. The smallest absolute Gasteiger partial charge is 0.418 e. The molecular formula is C9H15BF4N2. The van der Waals surface area contributed by atoms with Crippen LogP contribution in [0.3, 0.4) is 0 Å². The van der Waals surface area contributed by atoms with Crippen LogP contribution in [0.1, 0.15) is 19.8 Å². The van der Waals surface area contributed by atoms with Gasteiger partial charge in [-0.05, 0) is 6.42 Å². The van der Waals surface area contributed by atoms with E-state index in [9.17, 15) is 17.3 Å². The van der Waals surface area contributed by atoms with E-state index in [1.165, 1.54) is 12.8 Å². The standard InChI is InChI=1S/C9H15N2.BF4/c1-3-5-6-11-8-7-10(4-2)9-11;2-1(3,4)5/h4,7-9H,2-3,5-6H2,1H3;/q+1;-1. The minimum Gasteiger partial charge on any atom is -0.418 e. The van der Waals surface area contributed by atoms with Gasteiger partial charge in [0.05, 0.1) is 12.7 Å². The number of unbranched alkanes of at least 4 members (excludes halogenated alkanes) is 1. The molecule has 1 heterocycles. The number of hydrogen-bond acceptors (Lipinski definition) is 0. The van der Waals surface area contributed by atoms with Crippen LogP contribution in [0, 0.1) is 0 Å². The third-order valence-corrected chi connectivity index (χ3v) is 1.69. The number of aryl methyl sites for hydroxylation is 1. The lowest BCUT2D eigenvalue weighted by Gasteiger charge is -1.94. The Labute approximate surface area is 92.3 Å². The zero-order chi connectivity index (χ0) is 12.6. The van der Waals surface area contributed by atoms with Gasteiger partial charge in [-0.3, -0.25) is 0 Å². The summed E-state index contributed by atoms with van der Waals surface area (Å²) in [4.78, 5) is 0. The van der Waals surface area contributed by atoms with Gasteiger partial charge in [-0.1, -0.05) is 19.9 Å². The second-order valence-corrected chi connectivity index (χ2v) is 3.13. The van der Waals surface area contributed by atoms with Crippen molar-refractivity contribution < 1.29 is 21.8 Å². The first kappa shape index (κ1) is 14.7. The molecule has 0 unspecified atom stereocenters. The zero-order valence-electron chi connectivity index (χ0n) is 9.12. The summed E-state index contributed by atoms with van der Waals surface area (Å²) in [6.07, 6.45) is 10.4. The molecule has 0 saturated heterocycles. The normalized spacial score (nSPS) is 10.6. The Balaban J connectivity index is 0.000000385. The average Bonchev–Trinajstić information content (AvgIpc) is 2.59. The van der Waals surface area contributed by atoms with Gasteiger partial charge >= 0.3 is 7.25 Å². The van der Waals surface area contributed by atoms with Gasteiger partial charge in [0.15, 0.2) is 0 Å². The Morgan fingerprint density at radius 2 is 1.94 bits per heavy atom. The summed E-state index contributed by atoms with van der Waals surface area (Å²) in [5.74, 6) is 0. The Bertz CT molecular complexity index is 303. The highest BCUT2D eigenvalue weighted by molar-refractivity contribution is 6.50. The molecule has 0 aromatic carbocycles. The molecule has 1 aromatic rings. The molecule has 0 aliphatic rings. The first-order valence-corrected chi connectivity index (χ1v) is 4.93. The maximum atomic E-state index is 9.75. The molecule has 0 aliphatic carbocycles. The Morgan fingerprint density at radius 3 is 2.31 bits per heavy atom. The molecule has 0 radical (unpaired) electrons. The highest BCUT2D eigenvalue weighted by atomic mass is 19.5. The molecule has 0 atom stereocenters. The lowest BCUT2D eigenvalue weighted by molar-refractivity contribution is -0.567. The second-order valence-electron chi connectivity index (χ2n) is 3.13. The minimum atomic E-state index is -6.00. The minimum absolute atomic E-state index is 1.11. The summed E-state index contributed by atoms with van der Waals surface area (Å²) in [5, 5.41) is 0. The molecule has 0 amide bonds. The van der Waals surface area contributed by atoms with Crippen molar-refractivity contribution in [1.82, 2.24) is 4.57 Å². The van der Waals surface area contributed by atoms with Gasteiger partial charge in [-0.15, -0.1) is 0 Å². The molecule has 0 saturated carbocycles. The van der Waals surface area contributed by atoms with E-state index in [1.54, 1.807) is 6.20 Å². The van der Waals surface area contributed by atoms with Gasteiger partial charge in [0.1, 0.15) is 12.4 Å². The molecule has 0 N–H and O–H groups in total. The van der Waals surface area contributed by atoms with Crippen molar-refractivity contribution >= 4 is 13.5 Å². The largest absolute Gasteiger partial charge is 0.673 e. The van der Waals surface area contributed by atoms with Gasteiger partial charge < -0.3 is 17.3 Å². The highest BCUT2D eigenvalue weighted by Gasteiger charge is 2.20. The van der Waals surface area contributed by atoms with E-state index in [4.69, 9.17) is 0 Å². The van der Waals surface area contributed by atoms with E-state index in [0.29, 0.717) is 0 Å². The van der Waals surface area contributed by atoms with E-state index < -0.39 is 7.25 Å². The van der Waals surface area contributed by atoms with Crippen molar-refractivity contribution in [3.8, 4) is 0 Å². The molecule has 0 fully saturated rings. The Morgan fingerprint density at radius 1 is 1.38 bits per heavy atom. The maximum absolute atomic E-state index is 9.75. The van der Waals surface area contributed by atoms with Crippen LogP contribution < -0.4 is 4.57 Å². The summed E-state index contributed by atoms with van der Waals surface area (Å²) in [5.41, 5.74) is 0. The van der Waals surface area contributed by atoms with Crippen LogP contribution in [0.15, 0.2) is 25.3 Å². The van der Waals surface area contributed by atoms with Crippen LogP contribution in [0.4, 0.5) is 17.3 Å². The van der Waals surface area contributed by atoms with E-state index in [0.717, 1.165) is 6.54 Å². The second kappa shape index (κ2) is 7.08. The number of hydrogen-bond donors (Lipinski definition) is 0. The molecule has 16 heavy (non-hydrogen) atoms. The van der Waals surface area contributed by atoms with Crippen LogP contribution in [0.25, 0.3) is 6.20 Å². The predicted molar refractivity (Wildman–Crippen MR) is 56.1 cm³/mol. The Hall–Kier alpha value is -1.27. The topological polar surface area (TPSA) is 8.81 Å². The van der Waals surface area contributed by atoms with Gasteiger partial charge in [0, 0.05) is 0 Å². The molecule has 1 rings (SSSR count). The quantitative estimate of drug-likeness (QED) is 0.433. The predicted octanol–water partition coefficient (Wildman–Crippen LogP) is 2.98. The van der Waals surface area contributed by atoms with Gasteiger partial charge in [0.2, 0.25) is 6.33 Å². The van der Waals surface area contributed by atoms with Gasteiger partial charge in [-0.25, -0.2) is 9.13 Å². The first-order valence-electron chi connectivity index (χ1n) is 4.93. The van der Waals surface area contributed by atoms with Crippen molar-refractivity contribution in [2.24, 2.45) is 0 Å². The molecule has 7 heteroatoms. The number of halogens is 4. The van der Waals surface area contributed by atoms with Gasteiger partial charge in [-0.2, -0.15) is 0 Å². The highest BCUT2D eigenvalue weighted by Crippen LogP contribution is 2.06. The van der Waals surface area contributed by atoms with Crippen molar-refractivity contribution in [3.05, 3.63) is 25.3 Å². The monoisotopic (exact) mass is 238 g/mol. The fourth-order valence-corrected chi connectivity index (χ4v) is 0.992. The van der Waals surface area contributed by atoms with Crippen LogP contribution in [-0.2, 0) is 6.54 Å². The average molecular weight is 238 g/mol. The van der Waals surface area contributed by atoms with E-state index >= 15 is 0 Å². The van der Waals surface area contributed by atoms with E-state index in [2.05, 4.69) is 24.3 Å². The summed E-state index contributed by atoms with van der Waals surface area (Å²) in [7, 11) is -6.00. The van der Waals surface area contributed by atoms with Crippen molar-refractivity contribution in [1.29, 1.82) is 0 Å². The maximum Gasteiger partial charge on any atom is 0.673 e. The molecule has 0 aliphatic heterocycles. The molecule has 1 aromatic heterocycles. The van der Waals surface area contributed by atoms with Crippen molar-refractivity contribution in [2.45, 2.75) is 26.3 Å². The molecule has 0 spiro atoms. The molecule has 92 valence electrons. The van der Waals surface area contributed by atoms with Crippen LogP contribution >= 0.6 is 0 Å². The Kier molecular flexibility index (Phi) is 6.52. The number of rotatable bonds is 4. The van der Waals surface area contributed by atoms with Crippen LogP contribution in [0.5, 0.6) is 0 Å². The molecule has 0 bridgehead atoms. The fourth-order valence-electron chi connectivity index (χ4n) is 0.992. The molecule has 2 nitrogen and oxygen atoms in total. The third kappa shape index (κ3) is 9.30. The lowest BCUT2D eigenvalue weighted by Crippen LogP contribution is -2.21. The summed E-state index contributed by atoms with van der Waals surface area (Å²) >= 11 is 0. The SMILES string of the molecule is C=C[n+]1ccn(CCCC)c1.F[B-](F)(F)F. The first-order chi connectivity index (χ1) is 7.36. The third-order valence-electron chi connectivity index (χ3n) is 1.69. The number of imidazole rings is 1. The van der Waals surface area contributed by atoms with E-state index in [-0.39, 0.29) is 0 Å². The summed E-state index contributed by atoms with van der Waals surface area (Å²) in [6, 6.07) is 0. The summed E-state index contributed by atoms with van der Waals surface area (Å²) in [6.45, 7) is 6.98. The van der Waals surface area contributed by atoms with Crippen molar-refractivity contribution in [2.75, 3.05) is 0 Å². The lowest BCUT2D eigenvalue weighted by atomic mass is 10.3. The summed E-state index contributed by atoms with van der Waals surface area (Å²) < 4.78 is 43.1. The van der Waals surface area contributed by atoms with E-state index in [1.807, 2.05) is 17.1 Å². The zero-order valence-corrected chi connectivity index (χ0v) is 9.12. The van der Waals surface area contributed by atoms with Crippen LogP contribution in [0.2, 0.25) is 0 Å². The van der Waals surface area contributed by atoms with Crippen molar-refractivity contribution in [3.63, 3.8) is 0 Å².